The second kappa shape index (κ2) is 6.29. The van der Waals surface area contributed by atoms with E-state index in [4.69, 9.17) is 4.74 Å². The second-order valence-corrected chi connectivity index (χ2v) is 6.55. The molecule has 0 aliphatic heterocycles. The van der Waals surface area contributed by atoms with E-state index in [0.29, 0.717) is 27.9 Å². The Morgan fingerprint density at radius 3 is 2.77 bits per heavy atom. The molecule has 3 aromatic rings. The fraction of sp³-hybridized carbons (Fsp3) is 0.250. The maximum Gasteiger partial charge on any atom is 0.265 e. The van der Waals surface area contributed by atoms with Gasteiger partial charge in [0.25, 0.3) is 11.5 Å². The molecule has 0 saturated heterocycles. The van der Waals surface area contributed by atoms with E-state index < -0.39 is 0 Å². The van der Waals surface area contributed by atoms with E-state index in [2.05, 4.69) is 10.3 Å². The SMILES string of the molecule is COc1ccc2ncn(-c3cc(C(=O)NC4CC4)ccc3C)c(=O)c2c1. The summed E-state index contributed by atoms with van der Waals surface area (Å²) in [6.07, 6.45) is 3.56. The molecule has 6 nitrogen and oxygen atoms in total. The van der Waals surface area contributed by atoms with Crippen molar-refractivity contribution in [2.45, 2.75) is 25.8 Å². The summed E-state index contributed by atoms with van der Waals surface area (Å²) in [5.41, 5.74) is 2.48. The minimum atomic E-state index is -0.197. The van der Waals surface area contributed by atoms with E-state index in [1.807, 2.05) is 13.0 Å². The van der Waals surface area contributed by atoms with Crippen molar-refractivity contribution in [2.24, 2.45) is 0 Å². The first kappa shape index (κ1) is 16.3. The molecule has 1 amide bonds. The molecule has 1 fully saturated rings. The summed E-state index contributed by atoms with van der Waals surface area (Å²) in [6, 6.07) is 10.9. The number of fused-ring (bicyclic) bond motifs is 1. The highest BCUT2D eigenvalue weighted by molar-refractivity contribution is 5.95. The molecule has 2 aromatic carbocycles. The maximum atomic E-state index is 13.0. The van der Waals surface area contributed by atoms with Gasteiger partial charge in [-0.1, -0.05) is 6.07 Å². The zero-order valence-corrected chi connectivity index (χ0v) is 14.7. The van der Waals surface area contributed by atoms with E-state index in [9.17, 15) is 9.59 Å². The molecule has 1 heterocycles. The standard InChI is InChI=1S/C20H19N3O3/c1-12-3-4-13(19(24)22-14-5-6-14)9-18(12)23-11-21-17-8-7-15(26-2)10-16(17)20(23)25/h3-4,7-11,14H,5-6H2,1-2H3,(H,22,24). The number of carbonyl (C=O) groups is 1. The molecule has 0 radical (unpaired) electrons. The van der Waals surface area contributed by atoms with Crippen LogP contribution in [-0.4, -0.2) is 28.6 Å². The minimum Gasteiger partial charge on any atom is -0.497 e. The number of amides is 1. The van der Waals surface area contributed by atoms with Crippen molar-refractivity contribution in [3.8, 4) is 11.4 Å². The number of nitrogens with one attached hydrogen (secondary N) is 1. The third-order valence-corrected chi connectivity index (χ3v) is 4.61. The van der Waals surface area contributed by atoms with Gasteiger partial charge in [0.2, 0.25) is 0 Å². The van der Waals surface area contributed by atoms with Crippen LogP contribution in [0.5, 0.6) is 5.75 Å². The van der Waals surface area contributed by atoms with Gasteiger partial charge in [0.15, 0.2) is 0 Å². The number of aryl methyl sites for hydroxylation is 1. The summed E-state index contributed by atoms with van der Waals surface area (Å²) in [5.74, 6) is 0.487. The summed E-state index contributed by atoms with van der Waals surface area (Å²) >= 11 is 0. The van der Waals surface area contributed by atoms with Crippen LogP contribution in [-0.2, 0) is 0 Å². The topological polar surface area (TPSA) is 73.2 Å². The first-order valence-corrected chi connectivity index (χ1v) is 8.54. The Hall–Kier alpha value is -3.15. The molecule has 1 saturated carbocycles. The fourth-order valence-corrected chi connectivity index (χ4v) is 2.91. The van der Waals surface area contributed by atoms with Crippen molar-refractivity contribution in [1.82, 2.24) is 14.9 Å². The Kier molecular flexibility index (Phi) is 3.95. The lowest BCUT2D eigenvalue weighted by Gasteiger charge is -2.12. The van der Waals surface area contributed by atoms with Gasteiger partial charge in [-0.25, -0.2) is 4.98 Å². The predicted molar refractivity (Wildman–Crippen MR) is 99.1 cm³/mol. The number of methoxy groups -OCH3 is 1. The lowest BCUT2D eigenvalue weighted by molar-refractivity contribution is 0.0951. The molecular formula is C20H19N3O3. The van der Waals surface area contributed by atoms with Gasteiger partial charge in [-0.05, 0) is 55.7 Å². The fourth-order valence-electron chi connectivity index (χ4n) is 2.91. The van der Waals surface area contributed by atoms with Crippen LogP contribution in [0.3, 0.4) is 0 Å². The third-order valence-electron chi connectivity index (χ3n) is 4.61. The van der Waals surface area contributed by atoms with E-state index >= 15 is 0 Å². The minimum absolute atomic E-state index is 0.114. The monoisotopic (exact) mass is 349 g/mol. The van der Waals surface area contributed by atoms with Crippen LogP contribution >= 0.6 is 0 Å². The van der Waals surface area contributed by atoms with Gasteiger partial charge >= 0.3 is 0 Å². The number of carbonyl (C=O) groups excluding carboxylic acids is 1. The lowest BCUT2D eigenvalue weighted by Crippen LogP contribution is -2.26. The van der Waals surface area contributed by atoms with Gasteiger partial charge in [-0.15, -0.1) is 0 Å². The molecule has 1 aliphatic rings. The zero-order valence-electron chi connectivity index (χ0n) is 14.7. The Balaban J connectivity index is 1.82. The number of hydrogen-bond donors (Lipinski definition) is 1. The number of aromatic nitrogens is 2. The third kappa shape index (κ3) is 2.94. The molecule has 0 spiro atoms. The molecule has 1 aliphatic carbocycles. The highest BCUT2D eigenvalue weighted by Crippen LogP contribution is 2.21. The molecule has 1 aromatic heterocycles. The molecule has 0 unspecified atom stereocenters. The van der Waals surface area contributed by atoms with Crippen LogP contribution in [0.25, 0.3) is 16.6 Å². The van der Waals surface area contributed by atoms with E-state index in [0.717, 1.165) is 18.4 Å². The van der Waals surface area contributed by atoms with Crippen LogP contribution < -0.4 is 15.6 Å². The largest absolute Gasteiger partial charge is 0.497 e. The van der Waals surface area contributed by atoms with Gasteiger partial charge in [0.1, 0.15) is 12.1 Å². The Labute approximate surface area is 150 Å². The summed E-state index contributed by atoms with van der Waals surface area (Å²) < 4.78 is 6.69. The zero-order chi connectivity index (χ0) is 18.3. The molecule has 6 heteroatoms. The molecule has 132 valence electrons. The van der Waals surface area contributed by atoms with Crippen molar-refractivity contribution in [1.29, 1.82) is 0 Å². The van der Waals surface area contributed by atoms with E-state index in [1.54, 1.807) is 37.4 Å². The number of rotatable bonds is 4. The van der Waals surface area contributed by atoms with E-state index in [-0.39, 0.29) is 17.5 Å². The molecule has 4 rings (SSSR count). The Bertz CT molecular complexity index is 1070. The summed E-state index contributed by atoms with van der Waals surface area (Å²) in [7, 11) is 1.56. The lowest BCUT2D eigenvalue weighted by atomic mass is 10.1. The summed E-state index contributed by atoms with van der Waals surface area (Å²) in [5, 5.41) is 3.44. The van der Waals surface area contributed by atoms with Gasteiger partial charge in [-0.2, -0.15) is 0 Å². The Morgan fingerprint density at radius 2 is 2.04 bits per heavy atom. The number of nitrogens with zero attached hydrogens (tertiary/aromatic N) is 2. The molecule has 0 atom stereocenters. The first-order chi connectivity index (χ1) is 12.6. The molecule has 26 heavy (non-hydrogen) atoms. The van der Waals surface area contributed by atoms with Crippen molar-refractivity contribution in [3.05, 3.63) is 64.2 Å². The average molecular weight is 349 g/mol. The second-order valence-electron chi connectivity index (χ2n) is 6.55. The predicted octanol–water partition coefficient (Wildman–Crippen LogP) is 2.59. The van der Waals surface area contributed by atoms with Crippen molar-refractivity contribution < 1.29 is 9.53 Å². The number of benzene rings is 2. The van der Waals surface area contributed by atoms with Crippen LogP contribution in [0.4, 0.5) is 0 Å². The van der Waals surface area contributed by atoms with Crippen molar-refractivity contribution >= 4 is 16.8 Å². The molecule has 0 bridgehead atoms. The van der Waals surface area contributed by atoms with Crippen LogP contribution in [0.15, 0.2) is 47.5 Å². The van der Waals surface area contributed by atoms with Crippen molar-refractivity contribution in [2.75, 3.05) is 7.11 Å². The van der Waals surface area contributed by atoms with Crippen molar-refractivity contribution in [3.63, 3.8) is 0 Å². The Morgan fingerprint density at radius 1 is 1.23 bits per heavy atom. The van der Waals surface area contributed by atoms with Gasteiger partial charge < -0.3 is 10.1 Å². The average Bonchev–Trinajstić information content (AvgIpc) is 3.46. The molecule has 1 N–H and O–H groups in total. The van der Waals surface area contributed by atoms with Crippen LogP contribution in [0, 0.1) is 6.92 Å². The number of hydrogen-bond acceptors (Lipinski definition) is 4. The quantitative estimate of drug-likeness (QED) is 0.786. The number of ether oxygens (including phenoxy) is 1. The van der Waals surface area contributed by atoms with Gasteiger partial charge in [0.05, 0.1) is 23.7 Å². The summed E-state index contributed by atoms with van der Waals surface area (Å²) in [6.45, 7) is 1.90. The normalized spacial score (nSPS) is 13.6. The highest BCUT2D eigenvalue weighted by Gasteiger charge is 2.24. The van der Waals surface area contributed by atoms with Crippen LogP contribution in [0.2, 0.25) is 0 Å². The first-order valence-electron chi connectivity index (χ1n) is 8.54. The van der Waals surface area contributed by atoms with Crippen LogP contribution in [0.1, 0.15) is 28.8 Å². The van der Waals surface area contributed by atoms with Gasteiger partial charge in [0, 0.05) is 11.6 Å². The smallest absolute Gasteiger partial charge is 0.265 e. The van der Waals surface area contributed by atoms with E-state index in [1.165, 1.54) is 10.9 Å². The van der Waals surface area contributed by atoms with Gasteiger partial charge in [-0.3, -0.25) is 14.2 Å². The molecular weight excluding hydrogens is 330 g/mol. The maximum absolute atomic E-state index is 13.0. The summed E-state index contributed by atoms with van der Waals surface area (Å²) in [4.78, 5) is 29.7. The highest BCUT2D eigenvalue weighted by atomic mass is 16.5.